The maximum atomic E-state index is 17.7. The first-order chi connectivity index (χ1) is 32.4. The number of amides is 3. The number of aliphatic carboxylic acids is 1. The molecular formula is C49H59F2N3O13S. The minimum atomic E-state index is -2.34. The van der Waals surface area contributed by atoms with Gasteiger partial charge in [0, 0.05) is 47.5 Å². The second kappa shape index (κ2) is 21.0. The average Bonchev–Trinajstić information content (AvgIpc) is 3.80. The van der Waals surface area contributed by atoms with E-state index >= 15 is 8.78 Å². The third kappa shape index (κ3) is 9.93. The Labute approximate surface area is 398 Å². The minimum absolute atomic E-state index is 0.00582. The highest BCUT2D eigenvalue weighted by Crippen LogP contribution is 2.72. The van der Waals surface area contributed by atoms with Crippen molar-refractivity contribution in [2.45, 2.75) is 100.0 Å². The van der Waals surface area contributed by atoms with Crippen molar-refractivity contribution in [3.63, 3.8) is 0 Å². The van der Waals surface area contributed by atoms with E-state index in [-0.39, 0.29) is 89.0 Å². The van der Waals surface area contributed by atoms with E-state index in [1.807, 2.05) is 42.5 Å². The molecule has 4 fully saturated rings. The number of nitrogens with one attached hydrogen (secondary N) is 3. The molecule has 2 aromatic carbocycles. The summed E-state index contributed by atoms with van der Waals surface area (Å²) >= 11 is 3.92. The third-order valence-electron chi connectivity index (χ3n) is 14.5. The van der Waals surface area contributed by atoms with Crippen molar-refractivity contribution in [2.75, 3.05) is 51.4 Å². The predicted octanol–water partition coefficient (Wildman–Crippen LogP) is 3.68. The van der Waals surface area contributed by atoms with Gasteiger partial charge in [-0.1, -0.05) is 49.4 Å². The second-order valence-electron chi connectivity index (χ2n) is 18.6. The quantitative estimate of drug-likeness (QED) is 0.0700. The van der Waals surface area contributed by atoms with Gasteiger partial charge in [-0.25, -0.2) is 8.78 Å². The van der Waals surface area contributed by atoms with Crippen LogP contribution in [0.3, 0.4) is 0 Å². The molecule has 3 amide bonds. The Morgan fingerprint density at radius 2 is 1.66 bits per heavy atom. The first-order valence-corrected chi connectivity index (χ1v) is 23.4. The number of aliphatic hydroxyl groups is 2. The zero-order valence-corrected chi connectivity index (χ0v) is 38.8. The molecular weight excluding hydrogens is 909 g/mol. The number of alkyl halides is 2. The Bertz CT molecular complexity index is 2320. The lowest BCUT2D eigenvalue weighted by molar-refractivity contribution is -0.235. The summed E-state index contributed by atoms with van der Waals surface area (Å²) < 4.78 is 57.7. The van der Waals surface area contributed by atoms with Crippen LogP contribution in [0, 0.1) is 22.7 Å². The van der Waals surface area contributed by atoms with Gasteiger partial charge in [0.2, 0.25) is 17.7 Å². The summed E-state index contributed by atoms with van der Waals surface area (Å²) in [4.78, 5) is 73.2. The number of halogens is 2. The fraction of sp³-hybridized carbons (Fsp3) is 0.551. The number of thiol groups is 1. The van der Waals surface area contributed by atoms with Crippen molar-refractivity contribution < 1.29 is 71.8 Å². The molecule has 2 aromatic rings. The van der Waals surface area contributed by atoms with E-state index in [0.717, 1.165) is 17.2 Å². The van der Waals surface area contributed by atoms with Gasteiger partial charge >= 0.3 is 5.97 Å². The van der Waals surface area contributed by atoms with Crippen LogP contribution in [0.25, 0.3) is 0 Å². The smallest absolute Gasteiger partial charge is 0.304 e. The van der Waals surface area contributed by atoms with E-state index in [1.54, 1.807) is 13.0 Å². The average molecular weight is 968 g/mol. The van der Waals surface area contributed by atoms with Gasteiger partial charge in [0.25, 0.3) is 0 Å². The van der Waals surface area contributed by atoms with Gasteiger partial charge in [-0.2, -0.15) is 12.6 Å². The van der Waals surface area contributed by atoms with Crippen molar-refractivity contribution in [3.8, 4) is 0 Å². The highest BCUT2D eigenvalue weighted by molar-refractivity contribution is 7.81. The molecule has 5 aliphatic rings. The monoisotopic (exact) mass is 967 g/mol. The standard InChI is InChI=1S/C49H59F2N3O13S/c1-46-13-10-32(56)22-35(46)36(50)23-34-33-24-40-49(39(58)27-55,47(33,2)26-38(57)48(34,46)51)67-45(66-40)30-8-6-28(7-9-30)20-29-4-3-5-31(21-29)54-42(60)12-16-64-18-19-65-17-15-52-41(59)11-14-53-44(63)37(68)25-43(61)62/h3-10,13,21-22,33-34,36-38,40,45,55,57,68H,11-12,14-20,23-27H2,1-2H3,(H,52,59)(H,53,63)(H,54,60)(H,61,62)/t33?,34-,36-,37?,38-,40+,45+,46-,47-,48-,49+/m0/s1. The van der Waals surface area contributed by atoms with Gasteiger partial charge in [0.1, 0.15) is 12.8 Å². The van der Waals surface area contributed by atoms with Crippen LogP contribution in [0.4, 0.5) is 14.5 Å². The second-order valence-corrected chi connectivity index (χ2v) is 19.3. The van der Waals surface area contributed by atoms with Gasteiger partial charge < -0.3 is 50.2 Å². The first-order valence-electron chi connectivity index (χ1n) is 22.9. The van der Waals surface area contributed by atoms with E-state index in [9.17, 15) is 39.0 Å². The Morgan fingerprint density at radius 3 is 2.38 bits per heavy atom. The van der Waals surface area contributed by atoms with Crippen molar-refractivity contribution in [1.82, 2.24) is 10.6 Å². The number of allylic oxidation sites excluding steroid dienone is 4. The molecule has 1 aliphatic heterocycles. The molecule has 0 spiro atoms. The van der Waals surface area contributed by atoms with Crippen molar-refractivity contribution in [1.29, 1.82) is 0 Å². The number of carbonyl (C=O) groups is 6. The zero-order valence-electron chi connectivity index (χ0n) is 37.9. The van der Waals surface area contributed by atoms with Gasteiger partial charge in [0.05, 0.1) is 56.7 Å². The number of carboxylic acids is 1. The molecule has 1 heterocycles. The number of hydrogen-bond donors (Lipinski definition) is 7. The van der Waals surface area contributed by atoms with Gasteiger partial charge in [-0.3, -0.25) is 28.8 Å². The molecule has 68 heavy (non-hydrogen) atoms. The molecule has 3 saturated carbocycles. The molecule has 16 nitrogen and oxygen atoms in total. The van der Waals surface area contributed by atoms with E-state index in [0.29, 0.717) is 17.7 Å². The maximum absolute atomic E-state index is 17.7. The Balaban J connectivity index is 0.854. The van der Waals surface area contributed by atoms with Crippen LogP contribution in [0.15, 0.2) is 72.3 Å². The predicted molar refractivity (Wildman–Crippen MR) is 244 cm³/mol. The number of carboxylic acid groups (broad SMARTS) is 1. The van der Waals surface area contributed by atoms with E-state index in [4.69, 9.17) is 24.1 Å². The maximum Gasteiger partial charge on any atom is 0.304 e. The highest BCUT2D eigenvalue weighted by atomic mass is 32.1. The summed E-state index contributed by atoms with van der Waals surface area (Å²) in [7, 11) is 0. The number of aliphatic hydroxyl groups excluding tert-OH is 2. The summed E-state index contributed by atoms with van der Waals surface area (Å²) in [6, 6.07) is 14.8. The largest absolute Gasteiger partial charge is 0.481 e. The lowest BCUT2D eigenvalue weighted by atomic mass is 9.44. The van der Waals surface area contributed by atoms with Crippen molar-refractivity contribution in [3.05, 3.63) is 89.0 Å². The fourth-order valence-corrected chi connectivity index (χ4v) is 11.5. The van der Waals surface area contributed by atoms with Crippen LogP contribution in [0.1, 0.15) is 75.4 Å². The number of rotatable bonds is 21. The van der Waals surface area contributed by atoms with Crippen molar-refractivity contribution in [2.24, 2.45) is 22.7 Å². The zero-order chi connectivity index (χ0) is 49.0. The molecule has 19 heteroatoms. The van der Waals surface area contributed by atoms with Crippen LogP contribution >= 0.6 is 12.6 Å². The van der Waals surface area contributed by atoms with E-state index < -0.39 is 100 Å². The molecule has 0 bridgehead atoms. The molecule has 0 radical (unpaired) electrons. The number of carbonyl (C=O) groups excluding carboxylic acids is 5. The molecule has 2 unspecified atom stereocenters. The summed E-state index contributed by atoms with van der Waals surface area (Å²) in [6.45, 7) is 3.53. The third-order valence-corrected chi connectivity index (χ3v) is 15.0. The normalized spacial score (nSPS) is 31.6. The SMILES string of the molecule is C[C@]12C=CC(=O)C=C1[C@@H](F)C[C@H]1C3C[C@H]4O[C@@H](c5ccc(Cc6cccc(NC(=O)CCOCCOCCNC(=O)CCNC(=O)C(S)CC(=O)O)c6)cc5)O[C@@]4(C(=O)CO)[C@@]3(C)C[C@H](O)[C@@]12F. The Morgan fingerprint density at radius 1 is 0.926 bits per heavy atom. The number of fused-ring (bicyclic) bond motifs is 7. The summed E-state index contributed by atoms with van der Waals surface area (Å²) in [6.07, 6.45) is -1.68. The number of ketones is 2. The fourth-order valence-electron chi connectivity index (χ4n) is 11.2. The molecule has 11 atom stereocenters. The number of ether oxygens (including phenoxy) is 4. The lowest BCUT2D eigenvalue weighted by Gasteiger charge is -2.63. The van der Waals surface area contributed by atoms with Crippen LogP contribution in [-0.2, 0) is 54.1 Å². The number of benzene rings is 2. The topological polar surface area (TPSA) is 236 Å². The number of anilines is 1. The molecule has 368 valence electrons. The molecule has 7 rings (SSSR count). The number of hydrogen-bond acceptors (Lipinski definition) is 13. The van der Waals surface area contributed by atoms with Crippen LogP contribution in [0.2, 0.25) is 0 Å². The lowest BCUT2D eigenvalue weighted by Crippen LogP contribution is -2.70. The van der Waals surface area contributed by atoms with E-state index in [2.05, 4.69) is 28.6 Å². The summed E-state index contributed by atoms with van der Waals surface area (Å²) in [5.74, 6) is -5.06. The minimum Gasteiger partial charge on any atom is -0.481 e. The first kappa shape index (κ1) is 51.0. The molecule has 1 saturated heterocycles. The molecule has 0 aromatic heterocycles. The van der Waals surface area contributed by atoms with Gasteiger partial charge in [0.15, 0.2) is 29.1 Å². The molecule has 4 aliphatic carbocycles. The van der Waals surface area contributed by atoms with Gasteiger partial charge in [-0.15, -0.1) is 0 Å². The van der Waals surface area contributed by atoms with Gasteiger partial charge in [-0.05, 0) is 79.5 Å². The molecule has 6 N–H and O–H groups in total. The van der Waals surface area contributed by atoms with Crippen LogP contribution in [-0.4, -0.2) is 132 Å². The van der Waals surface area contributed by atoms with Crippen LogP contribution < -0.4 is 16.0 Å². The van der Waals surface area contributed by atoms with E-state index in [1.165, 1.54) is 19.1 Å². The Hall–Kier alpha value is -4.89. The summed E-state index contributed by atoms with van der Waals surface area (Å²) in [5.41, 5.74) is -3.84. The Kier molecular flexibility index (Phi) is 15.7. The number of Topliss-reactive ketones (excluding diaryl/α,β-unsaturated/α-hetero) is 1. The highest BCUT2D eigenvalue weighted by Gasteiger charge is 2.80. The summed E-state index contributed by atoms with van der Waals surface area (Å²) in [5, 5.41) is 37.8. The van der Waals surface area contributed by atoms with Crippen molar-refractivity contribution >= 4 is 53.6 Å². The van der Waals surface area contributed by atoms with Crippen LogP contribution in [0.5, 0.6) is 0 Å².